The highest BCUT2D eigenvalue weighted by atomic mass is 16.4. The van der Waals surface area contributed by atoms with Gasteiger partial charge in [0.2, 0.25) is 5.91 Å². The molecule has 1 aromatic heterocycles. The van der Waals surface area contributed by atoms with Crippen LogP contribution in [0.4, 0.5) is 0 Å². The van der Waals surface area contributed by atoms with Crippen LogP contribution in [0.1, 0.15) is 44.2 Å². The van der Waals surface area contributed by atoms with E-state index < -0.39 is 5.97 Å². The first-order chi connectivity index (χ1) is 11.9. The Kier molecular flexibility index (Phi) is 5.94. The van der Waals surface area contributed by atoms with Gasteiger partial charge in [0.1, 0.15) is 17.1 Å². The van der Waals surface area contributed by atoms with Crippen molar-refractivity contribution in [2.75, 3.05) is 7.05 Å². The minimum absolute atomic E-state index is 0.0928. The van der Waals surface area contributed by atoms with E-state index in [0.29, 0.717) is 23.5 Å². The van der Waals surface area contributed by atoms with Crippen LogP contribution in [0.25, 0.3) is 0 Å². The summed E-state index contributed by atoms with van der Waals surface area (Å²) in [5, 5.41) is 14.2. The molecule has 0 atom stereocenters. The SMILES string of the molecule is CNC(=O)c1cccc(CCC(=O)NCc2cc(C(=O)O)c(C)o2)c1. The summed E-state index contributed by atoms with van der Waals surface area (Å²) < 4.78 is 5.30. The van der Waals surface area contributed by atoms with E-state index in [4.69, 9.17) is 9.52 Å². The Hall–Kier alpha value is -3.09. The molecule has 2 amide bonds. The van der Waals surface area contributed by atoms with E-state index in [1.807, 2.05) is 6.07 Å². The molecular formula is C18H20N2O5. The molecule has 1 aromatic carbocycles. The maximum absolute atomic E-state index is 11.9. The van der Waals surface area contributed by atoms with Crippen LogP contribution in [0.2, 0.25) is 0 Å². The Balaban J connectivity index is 1.86. The van der Waals surface area contributed by atoms with Crippen molar-refractivity contribution in [3.05, 3.63) is 58.5 Å². The summed E-state index contributed by atoms with van der Waals surface area (Å²) in [5.41, 5.74) is 1.53. The van der Waals surface area contributed by atoms with E-state index in [1.165, 1.54) is 6.07 Å². The van der Waals surface area contributed by atoms with Crippen molar-refractivity contribution in [2.24, 2.45) is 0 Å². The van der Waals surface area contributed by atoms with Crippen LogP contribution in [0.15, 0.2) is 34.7 Å². The van der Waals surface area contributed by atoms with Crippen LogP contribution in [-0.2, 0) is 17.8 Å². The molecule has 0 fully saturated rings. The lowest BCUT2D eigenvalue weighted by Gasteiger charge is -2.05. The smallest absolute Gasteiger partial charge is 0.339 e. The number of aromatic carboxylic acids is 1. The molecule has 2 aromatic rings. The number of carboxylic acids is 1. The number of carbonyl (C=O) groups excluding carboxylic acids is 2. The van der Waals surface area contributed by atoms with Gasteiger partial charge >= 0.3 is 5.97 Å². The molecule has 7 nitrogen and oxygen atoms in total. The molecule has 0 saturated carbocycles. The summed E-state index contributed by atoms with van der Waals surface area (Å²) in [5.74, 6) is -0.715. The summed E-state index contributed by atoms with van der Waals surface area (Å²) in [6.07, 6.45) is 0.747. The van der Waals surface area contributed by atoms with E-state index >= 15 is 0 Å². The topological polar surface area (TPSA) is 109 Å². The zero-order valence-corrected chi connectivity index (χ0v) is 14.1. The third kappa shape index (κ3) is 4.94. The Labute approximate surface area is 145 Å². The first-order valence-corrected chi connectivity index (χ1v) is 7.81. The molecule has 0 aliphatic heterocycles. The minimum atomic E-state index is -1.06. The molecule has 132 valence electrons. The van der Waals surface area contributed by atoms with Gasteiger partial charge in [-0.2, -0.15) is 0 Å². The second kappa shape index (κ2) is 8.14. The maximum atomic E-state index is 11.9. The van der Waals surface area contributed by atoms with Gasteiger partial charge in [-0.05, 0) is 37.1 Å². The summed E-state index contributed by atoms with van der Waals surface area (Å²) in [6.45, 7) is 1.69. The Morgan fingerprint density at radius 3 is 2.60 bits per heavy atom. The molecule has 3 N–H and O–H groups in total. The first-order valence-electron chi connectivity index (χ1n) is 7.81. The highest BCUT2D eigenvalue weighted by molar-refractivity contribution is 5.94. The Bertz CT molecular complexity index is 795. The third-order valence-corrected chi connectivity index (χ3v) is 3.72. The Morgan fingerprint density at radius 2 is 1.96 bits per heavy atom. The molecule has 0 spiro atoms. The average Bonchev–Trinajstić information content (AvgIpc) is 2.98. The number of amides is 2. The van der Waals surface area contributed by atoms with Crippen molar-refractivity contribution in [1.82, 2.24) is 10.6 Å². The van der Waals surface area contributed by atoms with Crippen molar-refractivity contribution in [2.45, 2.75) is 26.3 Å². The fourth-order valence-electron chi connectivity index (χ4n) is 2.39. The second-order valence-electron chi connectivity index (χ2n) is 5.54. The average molecular weight is 344 g/mol. The van der Waals surface area contributed by atoms with Crippen LogP contribution in [0.5, 0.6) is 0 Å². The predicted molar refractivity (Wildman–Crippen MR) is 90.4 cm³/mol. The molecule has 1 heterocycles. The first kappa shape index (κ1) is 18.3. The highest BCUT2D eigenvalue weighted by Crippen LogP contribution is 2.14. The standard InChI is InChI=1S/C18H20N2O5/c1-11-15(18(23)24)9-14(25-11)10-20-16(21)7-6-12-4-3-5-13(8-12)17(22)19-2/h3-5,8-9H,6-7,10H2,1-2H3,(H,19,22)(H,20,21)(H,23,24). The van der Waals surface area contributed by atoms with Crippen molar-refractivity contribution < 1.29 is 23.9 Å². The van der Waals surface area contributed by atoms with Crippen molar-refractivity contribution in [3.63, 3.8) is 0 Å². The zero-order valence-electron chi connectivity index (χ0n) is 14.1. The number of benzene rings is 1. The lowest BCUT2D eigenvalue weighted by Crippen LogP contribution is -2.23. The van der Waals surface area contributed by atoms with Gasteiger partial charge < -0.3 is 20.2 Å². The Morgan fingerprint density at radius 1 is 1.20 bits per heavy atom. The number of carboxylic acid groups (broad SMARTS) is 1. The van der Waals surface area contributed by atoms with E-state index in [2.05, 4.69) is 10.6 Å². The van der Waals surface area contributed by atoms with Crippen molar-refractivity contribution >= 4 is 17.8 Å². The van der Waals surface area contributed by atoms with Gasteiger partial charge in [0, 0.05) is 19.0 Å². The summed E-state index contributed by atoms with van der Waals surface area (Å²) >= 11 is 0. The third-order valence-electron chi connectivity index (χ3n) is 3.72. The fraction of sp³-hybridized carbons (Fsp3) is 0.278. The molecule has 2 rings (SSSR count). The van der Waals surface area contributed by atoms with Gasteiger partial charge in [0.05, 0.1) is 6.54 Å². The normalized spacial score (nSPS) is 10.3. The predicted octanol–water partition coefficient (Wildman–Crippen LogP) is 1.89. The van der Waals surface area contributed by atoms with E-state index in [1.54, 1.807) is 32.2 Å². The van der Waals surface area contributed by atoms with E-state index in [9.17, 15) is 14.4 Å². The van der Waals surface area contributed by atoms with E-state index in [-0.39, 0.29) is 30.3 Å². The number of hydrogen-bond donors (Lipinski definition) is 3. The van der Waals surface area contributed by atoms with Crippen LogP contribution in [0, 0.1) is 6.92 Å². The number of carbonyl (C=O) groups is 3. The molecule has 0 aliphatic rings. The molecular weight excluding hydrogens is 324 g/mol. The molecule has 7 heteroatoms. The molecule has 25 heavy (non-hydrogen) atoms. The van der Waals surface area contributed by atoms with Crippen LogP contribution in [0.3, 0.4) is 0 Å². The molecule has 0 aliphatic carbocycles. The molecule has 0 bridgehead atoms. The lowest BCUT2D eigenvalue weighted by molar-refractivity contribution is -0.121. The van der Waals surface area contributed by atoms with Gasteiger partial charge in [-0.15, -0.1) is 0 Å². The summed E-state index contributed by atoms with van der Waals surface area (Å²) in [4.78, 5) is 34.5. The summed E-state index contributed by atoms with van der Waals surface area (Å²) in [6, 6.07) is 8.50. The monoisotopic (exact) mass is 344 g/mol. The van der Waals surface area contributed by atoms with Gasteiger partial charge in [-0.1, -0.05) is 12.1 Å². The number of nitrogens with one attached hydrogen (secondary N) is 2. The van der Waals surface area contributed by atoms with Crippen molar-refractivity contribution in [1.29, 1.82) is 0 Å². The molecule has 0 unspecified atom stereocenters. The van der Waals surface area contributed by atoms with E-state index in [0.717, 1.165) is 5.56 Å². The van der Waals surface area contributed by atoms with Crippen molar-refractivity contribution in [3.8, 4) is 0 Å². The zero-order chi connectivity index (χ0) is 18.4. The molecule has 0 saturated heterocycles. The van der Waals surface area contributed by atoms with Gasteiger partial charge in [0.25, 0.3) is 5.91 Å². The van der Waals surface area contributed by atoms with Gasteiger partial charge in [-0.3, -0.25) is 9.59 Å². The lowest BCUT2D eigenvalue weighted by atomic mass is 10.1. The minimum Gasteiger partial charge on any atom is -0.478 e. The summed E-state index contributed by atoms with van der Waals surface area (Å²) in [7, 11) is 1.56. The largest absolute Gasteiger partial charge is 0.478 e. The van der Waals surface area contributed by atoms with Gasteiger partial charge in [-0.25, -0.2) is 4.79 Å². The quantitative estimate of drug-likeness (QED) is 0.711. The van der Waals surface area contributed by atoms with Crippen LogP contribution >= 0.6 is 0 Å². The van der Waals surface area contributed by atoms with Crippen LogP contribution in [-0.4, -0.2) is 29.9 Å². The number of furan rings is 1. The number of rotatable bonds is 7. The second-order valence-corrected chi connectivity index (χ2v) is 5.54. The highest BCUT2D eigenvalue weighted by Gasteiger charge is 2.14. The number of aryl methyl sites for hydroxylation is 2. The van der Waals surface area contributed by atoms with Crippen LogP contribution < -0.4 is 10.6 Å². The fourth-order valence-corrected chi connectivity index (χ4v) is 2.39. The molecule has 0 radical (unpaired) electrons. The van der Waals surface area contributed by atoms with Gasteiger partial charge in [0.15, 0.2) is 0 Å². The maximum Gasteiger partial charge on any atom is 0.339 e. The number of hydrogen-bond acceptors (Lipinski definition) is 4.